The van der Waals surface area contributed by atoms with Crippen molar-refractivity contribution in [2.24, 2.45) is 0 Å². The van der Waals surface area contributed by atoms with E-state index in [1.165, 1.54) is 0 Å². The normalized spacial score (nSPS) is 11.0. The van der Waals surface area contributed by atoms with Gasteiger partial charge in [-0.1, -0.05) is 72.8 Å². The predicted octanol–water partition coefficient (Wildman–Crippen LogP) is 5.91. The number of fused-ring (bicyclic) bond motifs is 3. The number of hydrogen-bond donors (Lipinski definition) is 0. The molecule has 0 N–H and O–H groups in total. The number of carbonyl (C=O) groups excluding carboxylic acids is 1. The van der Waals surface area contributed by atoms with Crippen LogP contribution in [0, 0.1) is 22.7 Å². The van der Waals surface area contributed by atoms with Gasteiger partial charge in [0, 0.05) is 11.1 Å². The fourth-order valence-electron chi connectivity index (χ4n) is 3.80. The zero-order valence-electron chi connectivity index (χ0n) is 17.0. The average molecular weight is 402 g/mol. The van der Waals surface area contributed by atoms with E-state index in [2.05, 4.69) is 6.58 Å². The molecule has 0 fully saturated rings. The van der Waals surface area contributed by atoms with Crippen molar-refractivity contribution in [2.45, 2.75) is 13.5 Å². The van der Waals surface area contributed by atoms with Crippen LogP contribution in [0.4, 0.5) is 0 Å². The summed E-state index contributed by atoms with van der Waals surface area (Å²) in [6.45, 7) is 6.01. The first kappa shape index (κ1) is 19.9. The van der Waals surface area contributed by atoms with Crippen LogP contribution in [0.2, 0.25) is 0 Å². The summed E-state index contributed by atoms with van der Waals surface area (Å²) in [6.07, 6.45) is 0. The third kappa shape index (κ3) is 3.52. The van der Waals surface area contributed by atoms with Crippen molar-refractivity contribution in [2.75, 3.05) is 0 Å². The first-order chi connectivity index (χ1) is 15.0. The lowest BCUT2D eigenvalue weighted by Gasteiger charge is -2.10. The number of carbonyl (C=O) groups is 1. The van der Waals surface area contributed by atoms with Crippen molar-refractivity contribution in [1.82, 2.24) is 0 Å². The smallest absolute Gasteiger partial charge is 0.339 e. The summed E-state index contributed by atoms with van der Waals surface area (Å²) in [6, 6.07) is 24.4. The second-order valence-corrected chi connectivity index (χ2v) is 7.30. The molecule has 4 rings (SSSR count). The van der Waals surface area contributed by atoms with Gasteiger partial charge in [0.15, 0.2) is 0 Å². The Labute approximate surface area is 181 Å². The van der Waals surface area contributed by atoms with Gasteiger partial charge < -0.3 is 4.74 Å². The van der Waals surface area contributed by atoms with Crippen LogP contribution in [0.15, 0.2) is 78.9 Å². The molecule has 0 amide bonds. The lowest BCUT2D eigenvalue weighted by molar-refractivity contribution is 0.0473. The number of hydrogen-bond acceptors (Lipinski definition) is 4. The molecule has 0 bridgehead atoms. The molecule has 0 unspecified atom stereocenters. The number of rotatable bonds is 4. The van der Waals surface area contributed by atoms with Gasteiger partial charge >= 0.3 is 5.97 Å². The quantitative estimate of drug-likeness (QED) is 0.314. The largest absolute Gasteiger partial charge is 0.457 e. The molecule has 3 aromatic rings. The van der Waals surface area contributed by atoms with Gasteiger partial charge in [0.05, 0.1) is 5.56 Å². The summed E-state index contributed by atoms with van der Waals surface area (Å²) < 4.78 is 5.60. The molecule has 148 valence electrons. The van der Waals surface area contributed by atoms with Crippen LogP contribution in [0.5, 0.6) is 0 Å². The minimum atomic E-state index is -0.452. The molecule has 0 aromatic heterocycles. The molecule has 0 heterocycles. The Bertz CT molecular complexity index is 1320. The van der Waals surface area contributed by atoms with Gasteiger partial charge in [-0.3, -0.25) is 0 Å². The molecule has 0 saturated heterocycles. The van der Waals surface area contributed by atoms with E-state index in [0.717, 1.165) is 27.8 Å². The minimum Gasteiger partial charge on any atom is -0.457 e. The molecule has 4 nitrogen and oxygen atoms in total. The van der Waals surface area contributed by atoms with Crippen LogP contribution in [-0.4, -0.2) is 5.97 Å². The maximum atomic E-state index is 13.0. The molecule has 4 heteroatoms. The van der Waals surface area contributed by atoms with Gasteiger partial charge in [0.1, 0.15) is 24.3 Å². The molecule has 0 atom stereocenters. The molecule has 31 heavy (non-hydrogen) atoms. The first-order valence-electron chi connectivity index (χ1n) is 9.74. The Morgan fingerprint density at radius 2 is 1.55 bits per heavy atom. The van der Waals surface area contributed by atoms with E-state index in [-0.39, 0.29) is 12.2 Å². The summed E-state index contributed by atoms with van der Waals surface area (Å²) in [5.41, 5.74) is 6.85. The standard InChI is InChI=1S/C27H18N2O2/c1-17(2)19-12-10-18(11-13-19)16-31-27(30)24-9-5-8-23-25(20(14-28)15-29)21-6-3-4-7-22(21)26(23)24/h3-13H,1,16H2,2H3. The van der Waals surface area contributed by atoms with Gasteiger partial charge in [0.2, 0.25) is 0 Å². The molecule has 0 spiro atoms. The van der Waals surface area contributed by atoms with Gasteiger partial charge in [0.25, 0.3) is 0 Å². The summed E-state index contributed by atoms with van der Waals surface area (Å²) in [4.78, 5) is 13.0. The van der Waals surface area contributed by atoms with Crippen LogP contribution < -0.4 is 0 Å². The average Bonchev–Trinajstić information content (AvgIpc) is 3.13. The van der Waals surface area contributed by atoms with Gasteiger partial charge in [-0.05, 0) is 40.8 Å². The Morgan fingerprint density at radius 1 is 0.903 bits per heavy atom. The number of ether oxygens (including phenoxy) is 1. The van der Waals surface area contributed by atoms with E-state index in [1.807, 2.05) is 73.7 Å². The number of allylic oxidation sites excluding steroid dienone is 2. The monoisotopic (exact) mass is 402 g/mol. The van der Waals surface area contributed by atoms with E-state index >= 15 is 0 Å². The third-order valence-electron chi connectivity index (χ3n) is 5.31. The second kappa shape index (κ2) is 8.14. The lowest BCUT2D eigenvalue weighted by atomic mass is 9.97. The highest BCUT2D eigenvalue weighted by Gasteiger charge is 2.30. The maximum Gasteiger partial charge on any atom is 0.339 e. The van der Waals surface area contributed by atoms with Crippen LogP contribution in [0.25, 0.3) is 22.3 Å². The molecule has 1 aliphatic rings. The van der Waals surface area contributed by atoms with E-state index in [1.54, 1.807) is 12.1 Å². The van der Waals surface area contributed by atoms with Crippen molar-refractivity contribution >= 4 is 17.1 Å². The highest BCUT2D eigenvalue weighted by molar-refractivity contribution is 6.10. The molecular weight excluding hydrogens is 384 g/mol. The molecule has 0 saturated carbocycles. The van der Waals surface area contributed by atoms with Crippen LogP contribution in [0.3, 0.4) is 0 Å². The van der Waals surface area contributed by atoms with E-state index in [9.17, 15) is 15.3 Å². The fourth-order valence-corrected chi connectivity index (χ4v) is 3.80. The van der Waals surface area contributed by atoms with Crippen molar-refractivity contribution in [1.29, 1.82) is 10.5 Å². The second-order valence-electron chi connectivity index (χ2n) is 7.30. The molecule has 0 radical (unpaired) electrons. The summed E-state index contributed by atoms with van der Waals surface area (Å²) in [5, 5.41) is 18.9. The summed E-state index contributed by atoms with van der Waals surface area (Å²) in [5.74, 6) is -0.452. The molecule has 3 aromatic carbocycles. The molecule has 1 aliphatic carbocycles. The lowest BCUT2D eigenvalue weighted by Crippen LogP contribution is -2.07. The zero-order chi connectivity index (χ0) is 22.0. The highest BCUT2D eigenvalue weighted by Crippen LogP contribution is 2.47. The Balaban J connectivity index is 1.71. The SMILES string of the molecule is C=C(C)c1ccc(COC(=O)c2cccc3c2-c2ccccc2C3=C(C#N)C#N)cc1. The highest BCUT2D eigenvalue weighted by atomic mass is 16.5. The summed E-state index contributed by atoms with van der Waals surface area (Å²) in [7, 11) is 0. The topological polar surface area (TPSA) is 73.9 Å². The molecular formula is C27H18N2O2. The number of nitrogens with zero attached hydrogens (tertiary/aromatic N) is 2. The Morgan fingerprint density at radius 3 is 2.19 bits per heavy atom. The Hall–Kier alpha value is -4.41. The predicted molar refractivity (Wildman–Crippen MR) is 119 cm³/mol. The van der Waals surface area contributed by atoms with E-state index < -0.39 is 5.97 Å². The molecule has 0 aliphatic heterocycles. The van der Waals surface area contributed by atoms with E-state index in [0.29, 0.717) is 22.3 Å². The van der Waals surface area contributed by atoms with Crippen molar-refractivity contribution in [3.8, 4) is 23.3 Å². The zero-order valence-corrected chi connectivity index (χ0v) is 17.0. The number of esters is 1. The number of nitriles is 2. The van der Waals surface area contributed by atoms with Gasteiger partial charge in [-0.25, -0.2) is 4.79 Å². The van der Waals surface area contributed by atoms with Crippen molar-refractivity contribution in [3.05, 3.63) is 107 Å². The Kier molecular flexibility index (Phi) is 5.22. The summed E-state index contributed by atoms with van der Waals surface area (Å²) >= 11 is 0. The maximum absolute atomic E-state index is 13.0. The van der Waals surface area contributed by atoms with Gasteiger partial charge in [-0.15, -0.1) is 0 Å². The van der Waals surface area contributed by atoms with E-state index in [4.69, 9.17) is 4.74 Å². The minimum absolute atomic E-state index is 0.0225. The van der Waals surface area contributed by atoms with Crippen LogP contribution >= 0.6 is 0 Å². The van der Waals surface area contributed by atoms with Gasteiger partial charge in [-0.2, -0.15) is 10.5 Å². The van der Waals surface area contributed by atoms with Crippen LogP contribution in [-0.2, 0) is 11.3 Å². The van der Waals surface area contributed by atoms with Crippen LogP contribution in [0.1, 0.15) is 39.5 Å². The number of benzene rings is 3. The first-order valence-corrected chi connectivity index (χ1v) is 9.74. The fraction of sp³-hybridized carbons (Fsp3) is 0.0741. The van der Waals surface area contributed by atoms with Crippen molar-refractivity contribution < 1.29 is 9.53 Å². The third-order valence-corrected chi connectivity index (χ3v) is 5.31. The van der Waals surface area contributed by atoms with Crippen molar-refractivity contribution in [3.63, 3.8) is 0 Å².